The lowest BCUT2D eigenvalue weighted by Crippen LogP contribution is -2.35. The Morgan fingerprint density at radius 2 is 2.10 bits per heavy atom. The minimum atomic E-state index is 0.0995. The molecule has 21 heavy (non-hydrogen) atoms. The summed E-state index contributed by atoms with van der Waals surface area (Å²) in [7, 11) is 1.79. The molecule has 0 saturated carbocycles. The molecule has 1 aliphatic rings. The lowest BCUT2D eigenvalue weighted by atomic mass is 9.98. The Kier molecular flexibility index (Phi) is 5.79. The molecule has 2 heterocycles. The molecule has 5 heteroatoms. The fraction of sp³-hybridized carbons (Fsp3) is 0.812. The van der Waals surface area contributed by atoms with E-state index in [0.29, 0.717) is 5.92 Å². The molecular weight excluding hydrogens is 266 g/mol. The summed E-state index contributed by atoms with van der Waals surface area (Å²) in [4.78, 5) is 2.44. The molecule has 0 atom stereocenters. The molecule has 1 N–H and O–H groups in total. The Labute approximate surface area is 128 Å². The Morgan fingerprint density at radius 1 is 1.38 bits per heavy atom. The number of likely N-dealkylation sites (tertiary alicyclic amines) is 1. The SMILES string of the molecule is COCC1CCN(Cc2cc(CNC(C)(C)C)no2)CC1. The van der Waals surface area contributed by atoms with E-state index >= 15 is 0 Å². The van der Waals surface area contributed by atoms with Crippen molar-refractivity contribution >= 4 is 0 Å². The van der Waals surface area contributed by atoms with Crippen LogP contribution in [0.4, 0.5) is 0 Å². The van der Waals surface area contributed by atoms with E-state index in [2.05, 4.69) is 42.2 Å². The van der Waals surface area contributed by atoms with Crippen molar-refractivity contribution in [3.05, 3.63) is 17.5 Å². The topological polar surface area (TPSA) is 50.5 Å². The predicted octanol–water partition coefficient (Wildman–Crippen LogP) is 2.42. The molecule has 0 aromatic carbocycles. The summed E-state index contributed by atoms with van der Waals surface area (Å²) in [6, 6.07) is 2.07. The molecule has 120 valence electrons. The second-order valence-corrected chi connectivity index (χ2v) is 7.06. The third kappa shape index (κ3) is 5.77. The molecule has 1 aliphatic heterocycles. The lowest BCUT2D eigenvalue weighted by molar-refractivity contribution is 0.0928. The third-order valence-electron chi connectivity index (χ3n) is 3.90. The summed E-state index contributed by atoms with van der Waals surface area (Å²) in [6.45, 7) is 11.2. The zero-order valence-electron chi connectivity index (χ0n) is 13.8. The first kappa shape index (κ1) is 16.5. The van der Waals surface area contributed by atoms with Crippen LogP contribution in [0.25, 0.3) is 0 Å². The van der Waals surface area contributed by atoms with Gasteiger partial charge in [-0.1, -0.05) is 5.16 Å². The van der Waals surface area contributed by atoms with E-state index in [4.69, 9.17) is 9.26 Å². The van der Waals surface area contributed by atoms with Crippen molar-refractivity contribution in [2.24, 2.45) is 5.92 Å². The number of aromatic nitrogens is 1. The van der Waals surface area contributed by atoms with Crippen LogP contribution in [0.2, 0.25) is 0 Å². The van der Waals surface area contributed by atoms with Gasteiger partial charge in [0.25, 0.3) is 0 Å². The van der Waals surface area contributed by atoms with E-state index in [1.165, 1.54) is 12.8 Å². The van der Waals surface area contributed by atoms with Crippen LogP contribution >= 0.6 is 0 Å². The van der Waals surface area contributed by atoms with Gasteiger partial charge >= 0.3 is 0 Å². The first-order valence-electron chi connectivity index (χ1n) is 7.87. The summed E-state index contributed by atoms with van der Waals surface area (Å²) in [5.74, 6) is 1.68. The quantitative estimate of drug-likeness (QED) is 0.873. The molecule has 1 saturated heterocycles. The van der Waals surface area contributed by atoms with Gasteiger partial charge in [-0.25, -0.2) is 0 Å². The lowest BCUT2D eigenvalue weighted by Gasteiger charge is -2.30. The largest absolute Gasteiger partial charge is 0.384 e. The molecule has 0 radical (unpaired) electrons. The molecular formula is C16H29N3O2. The minimum Gasteiger partial charge on any atom is -0.384 e. The van der Waals surface area contributed by atoms with Gasteiger partial charge in [0.1, 0.15) is 0 Å². The zero-order valence-corrected chi connectivity index (χ0v) is 13.8. The van der Waals surface area contributed by atoms with Crippen molar-refractivity contribution in [1.82, 2.24) is 15.4 Å². The first-order valence-corrected chi connectivity index (χ1v) is 7.87. The van der Waals surface area contributed by atoms with Crippen molar-refractivity contribution in [2.75, 3.05) is 26.8 Å². The highest BCUT2D eigenvalue weighted by atomic mass is 16.5. The van der Waals surface area contributed by atoms with E-state index < -0.39 is 0 Å². The molecule has 0 unspecified atom stereocenters. The van der Waals surface area contributed by atoms with Gasteiger partial charge in [0.15, 0.2) is 5.76 Å². The predicted molar refractivity (Wildman–Crippen MR) is 83.0 cm³/mol. The second kappa shape index (κ2) is 7.38. The molecule has 2 rings (SSSR count). The summed E-state index contributed by atoms with van der Waals surface area (Å²) in [6.07, 6.45) is 2.42. The minimum absolute atomic E-state index is 0.0995. The maximum absolute atomic E-state index is 5.45. The van der Waals surface area contributed by atoms with Crippen molar-refractivity contribution < 1.29 is 9.26 Å². The fourth-order valence-electron chi connectivity index (χ4n) is 2.64. The zero-order chi connectivity index (χ0) is 15.3. The van der Waals surface area contributed by atoms with Crippen LogP contribution in [0.3, 0.4) is 0 Å². The molecule has 1 fully saturated rings. The van der Waals surface area contributed by atoms with Gasteiger partial charge in [-0.3, -0.25) is 4.90 Å². The number of hydrogen-bond acceptors (Lipinski definition) is 5. The maximum Gasteiger partial charge on any atom is 0.151 e. The average Bonchev–Trinajstić information content (AvgIpc) is 2.86. The van der Waals surface area contributed by atoms with E-state index in [1.54, 1.807) is 7.11 Å². The second-order valence-electron chi connectivity index (χ2n) is 7.06. The van der Waals surface area contributed by atoms with Crippen molar-refractivity contribution in [1.29, 1.82) is 0 Å². The molecule has 0 aliphatic carbocycles. The first-order chi connectivity index (χ1) is 9.96. The van der Waals surface area contributed by atoms with E-state index in [0.717, 1.165) is 44.2 Å². The fourth-order valence-corrected chi connectivity index (χ4v) is 2.64. The van der Waals surface area contributed by atoms with E-state index in [1.807, 2.05) is 0 Å². The highest BCUT2D eigenvalue weighted by Gasteiger charge is 2.20. The Hall–Kier alpha value is -0.910. The number of ether oxygens (including phenoxy) is 1. The summed E-state index contributed by atoms with van der Waals surface area (Å²) >= 11 is 0. The van der Waals surface area contributed by atoms with Crippen LogP contribution < -0.4 is 5.32 Å². The standard InChI is InChI=1S/C16H29N3O2/c1-16(2,3)17-10-14-9-15(21-18-14)11-19-7-5-13(6-8-19)12-20-4/h9,13,17H,5-8,10-12H2,1-4H3. The number of rotatable bonds is 6. The number of nitrogens with zero attached hydrogens (tertiary/aromatic N) is 2. The molecule has 5 nitrogen and oxygen atoms in total. The monoisotopic (exact) mass is 295 g/mol. The number of hydrogen-bond donors (Lipinski definition) is 1. The molecule has 1 aromatic rings. The molecule has 0 bridgehead atoms. The summed E-state index contributed by atoms with van der Waals surface area (Å²) in [5, 5.41) is 7.57. The Morgan fingerprint density at radius 3 is 2.71 bits per heavy atom. The van der Waals surface area contributed by atoms with E-state index in [9.17, 15) is 0 Å². The normalized spacial score (nSPS) is 18.3. The van der Waals surface area contributed by atoms with Gasteiger partial charge in [0, 0.05) is 31.9 Å². The molecule has 0 spiro atoms. The third-order valence-corrected chi connectivity index (χ3v) is 3.90. The Bertz CT molecular complexity index is 417. The summed E-state index contributed by atoms with van der Waals surface area (Å²) < 4.78 is 10.7. The maximum atomic E-state index is 5.45. The van der Waals surface area contributed by atoms with Gasteiger partial charge in [-0.2, -0.15) is 0 Å². The van der Waals surface area contributed by atoms with Crippen LogP contribution in [-0.2, 0) is 17.8 Å². The highest BCUT2D eigenvalue weighted by Crippen LogP contribution is 2.19. The van der Waals surface area contributed by atoms with Gasteiger partial charge in [-0.05, 0) is 52.6 Å². The smallest absolute Gasteiger partial charge is 0.151 e. The van der Waals surface area contributed by atoms with Gasteiger partial charge in [-0.15, -0.1) is 0 Å². The number of methoxy groups -OCH3 is 1. The van der Waals surface area contributed by atoms with Crippen molar-refractivity contribution in [3.63, 3.8) is 0 Å². The number of piperidine rings is 1. The van der Waals surface area contributed by atoms with Crippen LogP contribution in [0.5, 0.6) is 0 Å². The van der Waals surface area contributed by atoms with Crippen LogP contribution in [0.1, 0.15) is 45.1 Å². The van der Waals surface area contributed by atoms with Crippen LogP contribution in [0.15, 0.2) is 10.6 Å². The van der Waals surface area contributed by atoms with E-state index in [-0.39, 0.29) is 5.54 Å². The highest BCUT2D eigenvalue weighted by molar-refractivity contribution is 5.05. The Balaban J connectivity index is 1.75. The van der Waals surface area contributed by atoms with Gasteiger partial charge in [0.2, 0.25) is 0 Å². The average molecular weight is 295 g/mol. The summed E-state index contributed by atoms with van der Waals surface area (Å²) in [5.41, 5.74) is 1.08. The van der Waals surface area contributed by atoms with Gasteiger partial charge < -0.3 is 14.6 Å². The van der Waals surface area contributed by atoms with Crippen LogP contribution in [0, 0.1) is 5.92 Å². The molecule has 0 amide bonds. The van der Waals surface area contributed by atoms with Gasteiger partial charge in [0.05, 0.1) is 12.2 Å². The molecule has 1 aromatic heterocycles. The van der Waals surface area contributed by atoms with Crippen molar-refractivity contribution in [2.45, 2.75) is 52.2 Å². The van der Waals surface area contributed by atoms with Crippen LogP contribution in [-0.4, -0.2) is 42.4 Å². The van der Waals surface area contributed by atoms with Crippen molar-refractivity contribution in [3.8, 4) is 0 Å². The number of nitrogens with one attached hydrogen (secondary N) is 1.